The number of pyridine rings is 1. The van der Waals surface area contributed by atoms with E-state index in [4.69, 9.17) is 0 Å². The maximum absolute atomic E-state index is 13.3. The van der Waals surface area contributed by atoms with E-state index in [0.29, 0.717) is 24.2 Å². The van der Waals surface area contributed by atoms with E-state index in [9.17, 15) is 18.4 Å². The number of hydrogen-bond donors (Lipinski definition) is 1. The van der Waals surface area contributed by atoms with E-state index >= 15 is 0 Å². The lowest BCUT2D eigenvalue weighted by molar-refractivity contribution is 0.0987. The molecule has 140 valence electrons. The van der Waals surface area contributed by atoms with Crippen molar-refractivity contribution < 1.29 is 18.4 Å². The number of hydrogen-bond acceptors (Lipinski definition) is 3. The van der Waals surface area contributed by atoms with Crippen molar-refractivity contribution in [3.05, 3.63) is 89.2 Å². The van der Waals surface area contributed by atoms with Crippen molar-refractivity contribution in [1.29, 1.82) is 0 Å². The molecule has 1 aliphatic rings. The Labute approximate surface area is 159 Å². The van der Waals surface area contributed by atoms with Crippen molar-refractivity contribution in [3.8, 4) is 0 Å². The van der Waals surface area contributed by atoms with Crippen LogP contribution in [-0.2, 0) is 6.42 Å². The number of fused-ring (bicyclic) bond motifs is 1. The average Bonchev–Trinajstić information content (AvgIpc) is 3.13. The molecule has 3 aromatic rings. The largest absolute Gasteiger partial charge is 0.322 e. The lowest BCUT2D eigenvalue weighted by atomic mass is 10.1. The lowest BCUT2D eigenvalue weighted by Gasteiger charge is -2.17. The van der Waals surface area contributed by atoms with Gasteiger partial charge >= 0.3 is 0 Å². The van der Waals surface area contributed by atoms with Gasteiger partial charge in [-0.2, -0.15) is 0 Å². The number of halogens is 2. The summed E-state index contributed by atoms with van der Waals surface area (Å²) in [6, 6.07) is 11.6. The number of aromatic nitrogens is 1. The van der Waals surface area contributed by atoms with Crippen LogP contribution in [0.25, 0.3) is 0 Å². The monoisotopic (exact) mass is 379 g/mol. The topological polar surface area (TPSA) is 62.3 Å². The van der Waals surface area contributed by atoms with Gasteiger partial charge in [0.15, 0.2) is 11.6 Å². The van der Waals surface area contributed by atoms with Crippen molar-refractivity contribution in [1.82, 2.24) is 4.98 Å². The highest BCUT2D eigenvalue weighted by atomic mass is 19.2. The standard InChI is InChI=1S/C21H15F2N3O2/c22-17-5-3-14(11-18(17)23)20(27)25-16-4-6-19-13(10-16)7-9-26(19)21(28)15-2-1-8-24-12-15/h1-6,8,10-12H,7,9H2,(H,25,27). The van der Waals surface area contributed by atoms with Crippen LogP contribution >= 0.6 is 0 Å². The van der Waals surface area contributed by atoms with Gasteiger partial charge in [-0.3, -0.25) is 14.6 Å². The van der Waals surface area contributed by atoms with Crippen molar-refractivity contribution in [2.75, 3.05) is 16.8 Å². The molecule has 5 nitrogen and oxygen atoms in total. The first-order chi connectivity index (χ1) is 13.5. The second-order valence-corrected chi connectivity index (χ2v) is 6.37. The third kappa shape index (κ3) is 3.34. The van der Waals surface area contributed by atoms with E-state index in [1.165, 1.54) is 12.3 Å². The number of carbonyl (C=O) groups excluding carboxylic acids is 2. The summed E-state index contributed by atoms with van der Waals surface area (Å²) in [4.78, 5) is 30.6. The number of carbonyl (C=O) groups is 2. The normalized spacial score (nSPS) is 12.6. The van der Waals surface area contributed by atoms with E-state index in [-0.39, 0.29) is 11.5 Å². The van der Waals surface area contributed by atoms with Gasteiger partial charge in [0.05, 0.1) is 5.56 Å². The fraction of sp³-hybridized carbons (Fsp3) is 0.0952. The zero-order valence-electron chi connectivity index (χ0n) is 14.7. The molecule has 28 heavy (non-hydrogen) atoms. The quantitative estimate of drug-likeness (QED) is 0.753. The maximum Gasteiger partial charge on any atom is 0.259 e. The maximum atomic E-state index is 13.3. The lowest BCUT2D eigenvalue weighted by Crippen LogP contribution is -2.28. The van der Waals surface area contributed by atoms with Gasteiger partial charge in [-0.1, -0.05) is 0 Å². The fourth-order valence-corrected chi connectivity index (χ4v) is 3.18. The molecule has 1 aliphatic heterocycles. The second-order valence-electron chi connectivity index (χ2n) is 6.37. The second kappa shape index (κ2) is 7.19. The molecular formula is C21H15F2N3O2. The molecule has 0 saturated heterocycles. The average molecular weight is 379 g/mol. The Morgan fingerprint density at radius 3 is 2.61 bits per heavy atom. The van der Waals surface area contributed by atoms with Crippen LogP contribution < -0.4 is 10.2 Å². The molecule has 0 saturated carbocycles. The number of amides is 2. The summed E-state index contributed by atoms with van der Waals surface area (Å²) in [5.41, 5.74) is 2.74. The Morgan fingerprint density at radius 2 is 1.86 bits per heavy atom. The van der Waals surface area contributed by atoms with Gasteiger partial charge in [0.2, 0.25) is 0 Å². The molecule has 1 aromatic heterocycles. The van der Waals surface area contributed by atoms with E-state index in [2.05, 4.69) is 10.3 Å². The Balaban J connectivity index is 1.53. The minimum Gasteiger partial charge on any atom is -0.322 e. The Hall–Kier alpha value is -3.61. The Bertz CT molecular complexity index is 1070. The van der Waals surface area contributed by atoms with Gasteiger partial charge in [0, 0.05) is 35.9 Å². The number of benzene rings is 2. The summed E-state index contributed by atoms with van der Waals surface area (Å²) in [5, 5.41) is 2.67. The van der Waals surface area contributed by atoms with Gasteiger partial charge in [-0.25, -0.2) is 8.78 Å². The molecule has 0 spiro atoms. The summed E-state index contributed by atoms with van der Waals surface area (Å²) in [6.45, 7) is 0.531. The first kappa shape index (κ1) is 17.8. The Morgan fingerprint density at radius 1 is 1.00 bits per heavy atom. The molecule has 0 aliphatic carbocycles. The highest BCUT2D eigenvalue weighted by molar-refractivity contribution is 6.08. The predicted molar refractivity (Wildman–Crippen MR) is 100 cm³/mol. The molecule has 2 amide bonds. The van der Waals surface area contributed by atoms with Gasteiger partial charge in [-0.15, -0.1) is 0 Å². The number of anilines is 2. The molecule has 0 radical (unpaired) electrons. The van der Waals surface area contributed by atoms with Gasteiger partial charge in [0.25, 0.3) is 11.8 Å². The van der Waals surface area contributed by atoms with Crippen molar-refractivity contribution in [2.45, 2.75) is 6.42 Å². The number of nitrogens with one attached hydrogen (secondary N) is 1. The van der Waals surface area contributed by atoms with E-state index in [1.54, 1.807) is 41.4 Å². The van der Waals surface area contributed by atoms with Gasteiger partial charge in [0.1, 0.15) is 0 Å². The molecule has 2 heterocycles. The molecule has 1 N–H and O–H groups in total. The van der Waals surface area contributed by atoms with Crippen LogP contribution in [-0.4, -0.2) is 23.3 Å². The summed E-state index contributed by atoms with van der Waals surface area (Å²) in [7, 11) is 0. The van der Waals surface area contributed by atoms with E-state index in [1.807, 2.05) is 0 Å². The summed E-state index contributed by atoms with van der Waals surface area (Å²) < 4.78 is 26.3. The van der Waals surface area contributed by atoms with Crippen LogP contribution in [0.4, 0.5) is 20.2 Å². The third-order valence-corrected chi connectivity index (χ3v) is 4.57. The molecule has 4 rings (SSSR count). The summed E-state index contributed by atoms with van der Waals surface area (Å²) >= 11 is 0. The number of rotatable bonds is 3. The molecule has 0 atom stereocenters. The zero-order valence-corrected chi connectivity index (χ0v) is 14.7. The highest BCUT2D eigenvalue weighted by Gasteiger charge is 2.26. The molecule has 7 heteroatoms. The van der Waals surface area contributed by atoms with Crippen LogP contribution in [0.3, 0.4) is 0 Å². The third-order valence-electron chi connectivity index (χ3n) is 4.57. The number of nitrogens with zero attached hydrogens (tertiary/aromatic N) is 2. The van der Waals surface area contributed by atoms with Gasteiger partial charge < -0.3 is 10.2 Å². The zero-order chi connectivity index (χ0) is 19.7. The van der Waals surface area contributed by atoms with Crippen molar-refractivity contribution in [3.63, 3.8) is 0 Å². The van der Waals surface area contributed by atoms with Crippen LogP contribution in [0.2, 0.25) is 0 Å². The first-order valence-electron chi connectivity index (χ1n) is 8.64. The van der Waals surface area contributed by atoms with Crippen LogP contribution in [0.5, 0.6) is 0 Å². The molecule has 0 fully saturated rings. The van der Waals surface area contributed by atoms with E-state index < -0.39 is 17.5 Å². The molecule has 0 bridgehead atoms. The first-order valence-corrected chi connectivity index (χ1v) is 8.64. The predicted octanol–water partition coefficient (Wildman–Crippen LogP) is 3.82. The minimum absolute atomic E-state index is 0.0211. The molecular weight excluding hydrogens is 364 g/mol. The minimum atomic E-state index is -1.08. The SMILES string of the molecule is O=C(Nc1ccc2c(c1)CCN2C(=O)c1cccnc1)c1ccc(F)c(F)c1. The van der Waals surface area contributed by atoms with Crippen LogP contribution in [0.1, 0.15) is 26.3 Å². The Kier molecular flexibility index (Phi) is 4.57. The molecule has 0 unspecified atom stereocenters. The molecule has 2 aromatic carbocycles. The van der Waals surface area contributed by atoms with Gasteiger partial charge in [-0.05, 0) is 60.5 Å². The summed E-state index contributed by atoms with van der Waals surface area (Å²) in [6.07, 6.45) is 3.78. The summed E-state index contributed by atoms with van der Waals surface area (Å²) in [5.74, 6) is -2.76. The van der Waals surface area contributed by atoms with Crippen LogP contribution in [0.15, 0.2) is 60.9 Å². The van der Waals surface area contributed by atoms with Crippen LogP contribution in [0, 0.1) is 11.6 Å². The highest BCUT2D eigenvalue weighted by Crippen LogP contribution is 2.31. The van der Waals surface area contributed by atoms with Crippen molar-refractivity contribution in [2.24, 2.45) is 0 Å². The fourth-order valence-electron chi connectivity index (χ4n) is 3.18. The van der Waals surface area contributed by atoms with Crippen molar-refractivity contribution >= 4 is 23.2 Å². The smallest absolute Gasteiger partial charge is 0.259 e. The van der Waals surface area contributed by atoms with E-state index in [0.717, 1.165) is 23.4 Å².